The van der Waals surface area contributed by atoms with Crippen molar-refractivity contribution in [3.63, 3.8) is 0 Å². The minimum atomic E-state index is -3.97. The second-order valence-electron chi connectivity index (χ2n) is 6.68. The van der Waals surface area contributed by atoms with Gasteiger partial charge in [0.25, 0.3) is 10.0 Å². The molecule has 0 saturated carbocycles. The summed E-state index contributed by atoms with van der Waals surface area (Å²) in [4.78, 5) is 23.7. The van der Waals surface area contributed by atoms with Crippen LogP contribution >= 0.6 is 0 Å². The molecule has 3 rings (SSSR count). The Labute approximate surface area is 174 Å². The molecular weight excluding hydrogens is 432 g/mol. The fraction of sp³-hybridized carbons (Fsp3) is 0.263. The topological polar surface area (TPSA) is 127 Å². The summed E-state index contributed by atoms with van der Waals surface area (Å²) in [5, 5.41) is 0. The van der Waals surface area contributed by atoms with Gasteiger partial charge < -0.3 is 4.74 Å². The smallest absolute Gasteiger partial charge is 0.338 e. The average Bonchev–Trinajstić information content (AvgIpc) is 2.89. The normalized spacial score (nSPS) is 18.3. The molecule has 1 aliphatic heterocycles. The van der Waals surface area contributed by atoms with E-state index in [0.717, 1.165) is 0 Å². The van der Waals surface area contributed by atoms with E-state index in [2.05, 4.69) is 4.72 Å². The van der Waals surface area contributed by atoms with E-state index in [1.165, 1.54) is 55.5 Å². The zero-order valence-corrected chi connectivity index (χ0v) is 17.9. The fourth-order valence-electron chi connectivity index (χ4n) is 2.95. The highest BCUT2D eigenvalue weighted by atomic mass is 32.2. The lowest BCUT2D eigenvalue weighted by molar-refractivity contribution is -0.119. The molecule has 1 amide bonds. The van der Waals surface area contributed by atoms with Crippen molar-refractivity contribution in [1.29, 1.82) is 0 Å². The number of nitrogens with zero attached hydrogens (tertiary/aromatic N) is 1. The van der Waals surface area contributed by atoms with Crippen LogP contribution in [-0.4, -0.2) is 41.1 Å². The van der Waals surface area contributed by atoms with E-state index in [4.69, 9.17) is 4.74 Å². The summed E-state index contributed by atoms with van der Waals surface area (Å²) in [5.74, 6) is -2.00. The standard InChI is InChI=1S/C19H20N2O7S2/c1-3-28-19(23)14-4-6-15(7-5-14)20-30(26,27)17-10-8-16(9-11-17)21-18(22)13(2)12-29(21,24)25/h4-11,13,20H,3,12H2,1-2H3. The van der Waals surface area contributed by atoms with Gasteiger partial charge in [0.2, 0.25) is 15.9 Å². The first-order valence-electron chi connectivity index (χ1n) is 9.02. The Morgan fingerprint density at radius 1 is 1.13 bits per heavy atom. The Balaban J connectivity index is 1.79. The van der Waals surface area contributed by atoms with Gasteiger partial charge in [-0.05, 0) is 55.5 Å². The van der Waals surface area contributed by atoms with Crippen molar-refractivity contribution in [3.8, 4) is 0 Å². The largest absolute Gasteiger partial charge is 0.462 e. The maximum atomic E-state index is 12.6. The van der Waals surface area contributed by atoms with Gasteiger partial charge in [0.05, 0.1) is 34.4 Å². The molecular formula is C19H20N2O7S2. The third-order valence-corrected chi connectivity index (χ3v) is 7.66. The van der Waals surface area contributed by atoms with Crippen LogP contribution in [0.25, 0.3) is 0 Å². The van der Waals surface area contributed by atoms with Crippen LogP contribution in [0.4, 0.5) is 11.4 Å². The molecule has 0 radical (unpaired) electrons. The van der Waals surface area contributed by atoms with Crippen LogP contribution in [0.2, 0.25) is 0 Å². The van der Waals surface area contributed by atoms with Crippen LogP contribution in [0.15, 0.2) is 53.4 Å². The summed E-state index contributed by atoms with van der Waals surface area (Å²) in [6, 6.07) is 10.7. The molecule has 0 spiro atoms. The molecule has 1 fully saturated rings. The van der Waals surface area contributed by atoms with Crippen molar-refractivity contribution in [3.05, 3.63) is 54.1 Å². The number of carbonyl (C=O) groups excluding carboxylic acids is 2. The molecule has 1 N–H and O–H groups in total. The van der Waals surface area contributed by atoms with E-state index in [9.17, 15) is 26.4 Å². The number of hydrogen-bond acceptors (Lipinski definition) is 7. The molecule has 0 bridgehead atoms. The third kappa shape index (κ3) is 4.31. The SMILES string of the molecule is CCOC(=O)c1ccc(NS(=O)(=O)c2ccc(N3C(=O)C(C)CS3(=O)=O)cc2)cc1. The number of anilines is 2. The van der Waals surface area contributed by atoms with Gasteiger partial charge in [-0.3, -0.25) is 9.52 Å². The molecule has 1 saturated heterocycles. The van der Waals surface area contributed by atoms with Gasteiger partial charge in [-0.2, -0.15) is 0 Å². The molecule has 1 aliphatic rings. The molecule has 1 heterocycles. The van der Waals surface area contributed by atoms with Crippen molar-refractivity contribution >= 4 is 43.3 Å². The zero-order valence-electron chi connectivity index (χ0n) is 16.2. The molecule has 0 aliphatic carbocycles. The molecule has 2 aromatic rings. The number of nitrogens with one attached hydrogen (secondary N) is 1. The van der Waals surface area contributed by atoms with E-state index < -0.39 is 37.8 Å². The number of esters is 1. The predicted molar refractivity (Wildman–Crippen MR) is 110 cm³/mol. The summed E-state index contributed by atoms with van der Waals surface area (Å²) < 4.78 is 57.5. The average molecular weight is 453 g/mol. The van der Waals surface area contributed by atoms with Gasteiger partial charge in [-0.1, -0.05) is 6.92 Å². The first kappa shape index (κ1) is 21.8. The predicted octanol–water partition coefficient (Wildman–Crippen LogP) is 1.98. The Hall–Kier alpha value is -2.92. The zero-order chi connectivity index (χ0) is 22.1. The molecule has 2 aromatic carbocycles. The van der Waals surface area contributed by atoms with Crippen LogP contribution < -0.4 is 9.03 Å². The van der Waals surface area contributed by atoms with E-state index >= 15 is 0 Å². The minimum absolute atomic E-state index is 0.0853. The van der Waals surface area contributed by atoms with Crippen LogP contribution in [0.1, 0.15) is 24.2 Å². The van der Waals surface area contributed by atoms with Gasteiger partial charge in [-0.15, -0.1) is 0 Å². The minimum Gasteiger partial charge on any atom is -0.462 e. The monoisotopic (exact) mass is 452 g/mol. The van der Waals surface area contributed by atoms with Gasteiger partial charge >= 0.3 is 5.97 Å². The lowest BCUT2D eigenvalue weighted by atomic mass is 10.2. The van der Waals surface area contributed by atoms with Gasteiger partial charge in [0.1, 0.15) is 0 Å². The third-order valence-electron chi connectivity index (χ3n) is 4.39. The highest BCUT2D eigenvalue weighted by Crippen LogP contribution is 2.29. The Bertz CT molecular complexity index is 1170. The van der Waals surface area contributed by atoms with Gasteiger partial charge in [0.15, 0.2) is 0 Å². The lowest BCUT2D eigenvalue weighted by Crippen LogP contribution is -2.30. The molecule has 11 heteroatoms. The maximum absolute atomic E-state index is 12.6. The van der Waals surface area contributed by atoms with Crippen LogP contribution in [0.3, 0.4) is 0 Å². The van der Waals surface area contributed by atoms with Crippen molar-refractivity contribution in [2.75, 3.05) is 21.4 Å². The van der Waals surface area contributed by atoms with E-state index in [1.54, 1.807) is 6.92 Å². The number of sulfonamides is 2. The summed E-state index contributed by atoms with van der Waals surface area (Å²) in [6.07, 6.45) is 0. The van der Waals surface area contributed by atoms with Crippen LogP contribution in [0, 0.1) is 5.92 Å². The number of benzene rings is 2. The highest BCUT2D eigenvalue weighted by molar-refractivity contribution is 7.94. The number of hydrogen-bond donors (Lipinski definition) is 1. The molecule has 30 heavy (non-hydrogen) atoms. The molecule has 0 aromatic heterocycles. The quantitative estimate of drug-likeness (QED) is 0.664. The number of rotatable bonds is 6. The summed E-state index contributed by atoms with van der Waals surface area (Å²) in [6.45, 7) is 3.43. The lowest BCUT2D eigenvalue weighted by Gasteiger charge is -2.16. The maximum Gasteiger partial charge on any atom is 0.338 e. The Kier molecular flexibility index (Phi) is 5.86. The highest BCUT2D eigenvalue weighted by Gasteiger charge is 2.41. The van der Waals surface area contributed by atoms with Gasteiger partial charge in [-0.25, -0.2) is 25.9 Å². The van der Waals surface area contributed by atoms with E-state index in [0.29, 0.717) is 4.31 Å². The van der Waals surface area contributed by atoms with Crippen molar-refractivity contribution < 1.29 is 31.2 Å². The summed E-state index contributed by atoms with van der Waals surface area (Å²) in [5.41, 5.74) is 0.607. The molecule has 1 unspecified atom stereocenters. The number of ether oxygens (including phenoxy) is 1. The Morgan fingerprint density at radius 2 is 1.73 bits per heavy atom. The molecule has 1 atom stereocenters. The number of carbonyl (C=O) groups is 2. The summed E-state index contributed by atoms with van der Waals surface area (Å²) >= 11 is 0. The first-order chi connectivity index (χ1) is 14.0. The fourth-order valence-corrected chi connectivity index (χ4v) is 5.83. The molecule has 160 valence electrons. The van der Waals surface area contributed by atoms with Crippen LogP contribution in [-0.2, 0) is 29.6 Å². The molecule has 9 nitrogen and oxygen atoms in total. The van der Waals surface area contributed by atoms with Crippen molar-refractivity contribution in [2.24, 2.45) is 5.92 Å². The summed E-state index contributed by atoms with van der Waals surface area (Å²) in [7, 11) is -7.74. The second kappa shape index (κ2) is 8.07. The van der Waals surface area contributed by atoms with E-state index in [1.807, 2.05) is 0 Å². The van der Waals surface area contributed by atoms with E-state index in [-0.39, 0.29) is 34.2 Å². The van der Waals surface area contributed by atoms with Crippen LogP contribution in [0.5, 0.6) is 0 Å². The van der Waals surface area contributed by atoms with Crippen molar-refractivity contribution in [2.45, 2.75) is 18.7 Å². The number of amides is 1. The Morgan fingerprint density at radius 3 is 2.23 bits per heavy atom. The van der Waals surface area contributed by atoms with Gasteiger partial charge in [0, 0.05) is 5.69 Å². The first-order valence-corrected chi connectivity index (χ1v) is 12.1. The van der Waals surface area contributed by atoms with Crippen molar-refractivity contribution in [1.82, 2.24) is 0 Å². The second-order valence-corrected chi connectivity index (χ2v) is 10.2.